The molecule has 0 rings (SSSR count). The number of hydrogen-bond acceptors (Lipinski definition) is 7. The molecule has 11 heteroatoms. The second-order valence-corrected chi connectivity index (χ2v) is 9.50. The summed E-state index contributed by atoms with van der Waals surface area (Å²) in [7, 11) is 0. The number of rotatable bonds is 15. The van der Waals surface area contributed by atoms with Gasteiger partial charge in [0.2, 0.25) is 17.7 Å². The van der Waals surface area contributed by atoms with Gasteiger partial charge >= 0.3 is 5.97 Å². The van der Waals surface area contributed by atoms with Gasteiger partial charge in [-0.3, -0.25) is 14.4 Å². The highest BCUT2D eigenvalue weighted by molar-refractivity contribution is 7.98. The molecule has 186 valence electrons. The minimum absolute atomic E-state index is 0.168. The fourth-order valence-electron chi connectivity index (χ4n) is 2.98. The number of carboxylic acids is 1. The maximum Gasteiger partial charge on any atom is 0.326 e. The number of aliphatic carboxylic acids is 1. The van der Waals surface area contributed by atoms with Crippen LogP contribution in [0, 0.1) is 11.8 Å². The molecule has 0 aliphatic carbocycles. The van der Waals surface area contributed by atoms with Crippen LogP contribution >= 0.6 is 11.8 Å². The molecule has 6 atom stereocenters. The van der Waals surface area contributed by atoms with E-state index in [2.05, 4.69) is 16.0 Å². The molecule has 0 radical (unpaired) electrons. The van der Waals surface area contributed by atoms with Crippen LogP contribution in [0.5, 0.6) is 0 Å². The normalized spacial score (nSPS) is 16.9. The van der Waals surface area contributed by atoms with Crippen molar-refractivity contribution in [2.45, 2.75) is 84.2 Å². The van der Waals surface area contributed by atoms with Crippen LogP contribution in [-0.2, 0) is 19.2 Å². The minimum Gasteiger partial charge on any atom is -0.480 e. The van der Waals surface area contributed by atoms with Gasteiger partial charge < -0.3 is 31.9 Å². The standard InChI is InChI=1S/C21H40N4O6S/c1-7-12(4)16(21(30)31)24-19(28)15(8-9-32-6)23-20(29)17(13(5)26)25-18(27)14(22)10-11(2)3/h11-17,26H,7-10,22H2,1-6H3,(H,23,29)(H,24,28)(H,25,27)(H,30,31). The van der Waals surface area contributed by atoms with E-state index in [0.717, 1.165) is 0 Å². The number of aliphatic hydroxyl groups is 1. The molecule has 0 aromatic rings. The number of amides is 3. The molecule has 0 aromatic carbocycles. The van der Waals surface area contributed by atoms with Crippen molar-refractivity contribution in [2.24, 2.45) is 17.6 Å². The van der Waals surface area contributed by atoms with Crippen LogP contribution in [0.2, 0.25) is 0 Å². The Morgan fingerprint density at radius 1 is 0.938 bits per heavy atom. The molecule has 0 saturated heterocycles. The second-order valence-electron chi connectivity index (χ2n) is 8.52. The Bertz CT molecular complexity index is 631. The fourth-order valence-corrected chi connectivity index (χ4v) is 3.45. The van der Waals surface area contributed by atoms with Crippen LogP contribution in [0.1, 0.15) is 53.9 Å². The minimum atomic E-state index is -1.31. The zero-order valence-corrected chi connectivity index (χ0v) is 20.7. The molecule has 0 bridgehead atoms. The molecule has 0 fully saturated rings. The molecule has 3 amide bonds. The number of thioether (sulfide) groups is 1. The summed E-state index contributed by atoms with van der Waals surface area (Å²) >= 11 is 1.46. The third-order valence-corrected chi connectivity index (χ3v) is 5.79. The van der Waals surface area contributed by atoms with Gasteiger partial charge in [0.25, 0.3) is 0 Å². The molecular weight excluding hydrogens is 436 g/mol. The molecule has 0 saturated carbocycles. The van der Waals surface area contributed by atoms with Crippen LogP contribution in [0.25, 0.3) is 0 Å². The molecule has 32 heavy (non-hydrogen) atoms. The van der Waals surface area contributed by atoms with Gasteiger partial charge in [0.15, 0.2) is 0 Å². The number of carboxylic acid groups (broad SMARTS) is 1. The highest BCUT2D eigenvalue weighted by Gasteiger charge is 2.33. The Kier molecular flexibility index (Phi) is 14.2. The van der Waals surface area contributed by atoms with Crippen molar-refractivity contribution in [1.82, 2.24) is 16.0 Å². The SMILES string of the molecule is CCC(C)C(NC(=O)C(CCSC)NC(=O)C(NC(=O)C(N)CC(C)C)C(C)O)C(=O)O. The molecule has 10 nitrogen and oxygen atoms in total. The number of nitrogens with one attached hydrogen (secondary N) is 3. The van der Waals surface area contributed by atoms with Gasteiger partial charge in [0.1, 0.15) is 18.1 Å². The van der Waals surface area contributed by atoms with E-state index in [0.29, 0.717) is 18.6 Å². The zero-order valence-electron chi connectivity index (χ0n) is 19.9. The Balaban J connectivity index is 5.42. The molecule has 6 unspecified atom stereocenters. The molecule has 0 aromatic heterocycles. The van der Waals surface area contributed by atoms with E-state index in [9.17, 15) is 29.4 Å². The number of nitrogens with two attached hydrogens (primary N) is 1. The summed E-state index contributed by atoms with van der Waals surface area (Å²) in [4.78, 5) is 49.5. The molecular formula is C21H40N4O6S. The van der Waals surface area contributed by atoms with Crippen LogP contribution < -0.4 is 21.7 Å². The van der Waals surface area contributed by atoms with Crippen molar-refractivity contribution in [3.63, 3.8) is 0 Å². The third-order valence-electron chi connectivity index (χ3n) is 5.15. The van der Waals surface area contributed by atoms with Crippen molar-refractivity contribution >= 4 is 35.5 Å². The number of carbonyl (C=O) groups excluding carboxylic acids is 3. The maximum absolute atomic E-state index is 12.8. The van der Waals surface area contributed by atoms with Gasteiger partial charge in [-0.05, 0) is 43.6 Å². The van der Waals surface area contributed by atoms with Crippen molar-refractivity contribution < 1.29 is 29.4 Å². The van der Waals surface area contributed by atoms with Gasteiger partial charge in [-0.1, -0.05) is 34.1 Å². The van der Waals surface area contributed by atoms with Crippen molar-refractivity contribution in [3.05, 3.63) is 0 Å². The Hall–Kier alpha value is -1.85. The maximum atomic E-state index is 12.8. The number of hydrogen-bond donors (Lipinski definition) is 6. The van der Waals surface area contributed by atoms with Gasteiger partial charge in [-0.2, -0.15) is 11.8 Å². The van der Waals surface area contributed by atoms with Gasteiger partial charge in [0.05, 0.1) is 12.1 Å². The van der Waals surface area contributed by atoms with Crippen LogP contribution in [0.15, 0.2) is 0 Å². The lowest BCUT2D eigenvalue weighted by atomic mass is 9.98. The molecule has 0 aliphatic rings. The van der Waals surface area contributed by atoms with E-state index in [1.165, 1.54) is 18.7 Å². The summed E-state index contributed by atoms with van der Waals surface area (Å²) in [5.74, 6) is -2.72. The third kappa shape index (κ3) is 10.6. The highest BCUT2D eigenvalue weighted by Crippen LogP contribution is 2.10. The van der Waals surface area contributed by atoms with E-state index in [4.69, 9.17) is 5.73 Å². The average molecular weight is 477 g/mol. The quantitative estimate of drug-likeness (QED) is 0.193. The first-order valence-electron chi connectivity index (χ1n) is 10.9. The first-order valence-corrected chi connectivity index (χ1v) is 12.3. The van der Waals surface area contributed by atoms with Crippen LogP contribution in [0.4, 0.5) is 0 Å². The fraction of sp³-hybridized carbons (Fsp3) is 0.810. The van der Waals surface area contributed by atoms with Crippen LogP contribution in [-0.4, -0.2) is 76.2 Å². The number of aliphatic hydroxyl groups excluding tert-OH is 1. The molecule has 0 aliphatic heterocycles. The van der Waals surface area contributed by atoms with E-state index in [1.807, 2.05) is 27.0 Å². The monoisotopic (exact) mass is 476 g/mol. The van der Waals surface area contributed by atoms with Crippen molar-refractivity contribution in [2.75, 3.05) is 12.0 Å². The summed E-state index contributed by atoms with van der Waals surface area (Å²) < 4.78 is 0. The number of carbonyl (C=O) groups is 4. The first kappa shape index (κ1) is 30.1. The van der Waals surface area contributed by atoms with E-state index < -0.39 is 54.0 Å². The predicted octanol–water partition coefficient (Wildman–Crippen LogP) is 0.0788. The second kappa shape index (κ2) is 15.1. The van der Waals surface area contributed by atoms with E-state index in [-0.39, 0.29) is 18.3 Å². The van der Waals surface area contributed by atoms with Gasteiger partial charge in [-0.15, -0.1) is 0 Å². The zero-order chi connectivity index (χ0) is 25.0. The lowest BCUT2D eigenvalue weighted by Crippen LogP contribution is -2.60. The van der Waals surface area contributed by atoms with Crippen molar-refractivity contribution in [1.29, 1.82) is 0 Å². The lowest BCUT2D eigenvalue weighted by Gasteiger charge is -2.27. The van der Waals surface area contributed by atoms with Crippen molar-refractivity contribution in [3.8, 4) is 0 Å². The molecule has 0 heterocycles. The van der Waals surface area contributed by atoms with E-state index in [1.54, 1.807) is 6.92 Å². The Morgan fingerprint density at radius 2 is 1.50 bits per heavy atom. The topological polar surface area (TPSA) is 171 Å². The van der Waals surface area contributed by atoms with Crippen LogP contribution in [0.3, 0.4) is 0 Å². The van der Waals surface area contributed by atoms with Gasteiger partial charge in [0, 0.05) is 0 Å². The lowest BCUT2D eigenvalue weighted by molar-refractivity contribution is -0.144. The predicted molar refractivity (Wildman–Crippen MR) is 125 cm³/mol. The Morgan fingerprint density at radius 3 is 1.94 bits per heavy atom. The van der Waals surface area contributed by atoms with E-state index >= 15 is 0 Å². The molecule has 7 N–H and O–H groups in total. The first-order chi connectivity index (χ1) is 14.8. The largest absolute Gasteiger partial charge is 0.480 e. The summed E-state index contributed by atoms with van der Waals surface area (Å²) in [6.45, 7) is 8.70. The smallest absolute Gasteiger partial charge is 0.326 e. The summed E-state index contributed by atoms with van der Waals surface area (Å²) in [5.41, 5.74) is 5.86. The van der Waals surface area contributed by atoms with Gasteiger partial charge in [-0.25, -0.2) is 4.79 Å². The highest BCUT2D eigenvalue weighted by atomic mass is 32.2. The summed E-state index contributed by atoms with van der Waals surface area (Å²) in [6.07, 6.45) is 1.81. The summed E-state index contributed by atoms with van der Waals surface area (Å²) in [6, 6.07) is -4.27. The molecule has 0 spiro atoms. The average Bonchev–Trinajstić information content (AvgIpc) is 2.70. The summed E-state index contributed by atoms with van der Waals surface area (Å²) in [5, 5.41) is 27.0. The Labute approximate surface area is 194 Å².